The molecule has 0 unspecified atom stereocenters. The molecule has 1 amide bonds. The van der Waals surface area contributed by atoms with E-state index < -0.39 is 5.97 Å². The molecule has 5 heteroatoms. The van der Waals surface area contributed by atoms with E-state index in [4.69, 9.17) is 5.11 Å². The fraction of sp³-hybridized carbons (Fsp3) is 0.286. The zero-order chi connectivity index (χ0) is 14.3. The third-order valence-electron chi connectivity index (χ3n) is 2.43. The molecule has 0 aliphatic heterocycles. The van der Waals surface area contributed by atoms with E-state index in [0.29, 0.717) is 24.1 Å². The normalized spacial score (nSPS) is 10.6. The molecule has 5 nitrogen and oxygen atoms in total. The fourth-order valence-electron chi connectivity index (χ4n) is 1.56. The molecule has 0 radical (unpaired) electrons. The molecular weight excluding hydrogens is 246 g/mol. The molecule has 1 rings (SSSR count). The molecule has 0 aliphatic carbocycles. The number of benzene rings is 1. The van der Waals surface area contributed by atoms with Crippen molar-refractivity contribution in [3.63, 3.8) is 0 Å². The Hall–Kier alpha value is -2.30. The summed E-state index contributed by atoms with van der Waals surface area (Å²) in [5.74, 6) is -0.893. The van der Waals surface area contributed by atoms with Crippen LogP contribution in [0.2, 0.25) is 0 Å². The van der Waals surface area contributed by atoms with Crippen molar-refractivity contribution in [1.82, 2.24) is 5.32 Å². The summed E-state index contributed by atoms with van der Waals surface area (Å²) in [7, 11) is 0. The highest BCUT2D eigenvalue weighted by atomic mass is 16.4. The number of hydrogen-bond donors (Lipinski definition) is 3. The molecule has 1 aromatic carbocycles. The highest BCUT2D eigenvalue weighted by Crippen LogP contribution is 2.20. The lowest BCUT2D eigenvalue weighted by molar-refractivity contribution is -0.136. The van der Waals surface area contributed by atoms with Gasteiger partial charge in [-0.1, -0.05) is 18.2 Å². The van der Waals surface area contributed by atoms with Gasteiger partial charge in [-0.25, -0.2) is 0 Å². The van der Waals surface area contributed by atoms with Crippen LogP contribution in [-0.4, -0.2) is 28.6 Å². The van der Waals surface area contributed by atoms with Crippen molar-refractivity contribution in [1.29, 1.82) is 0 Å². The standard InChI is InChI=1S/C14H17NO4/c1-10(16)15-7-3-2-4-12-8-11(9-14(18)19)5-6-13(12)17/h2,4-6,8,17H,3,7,9H2,1H3,(H,15,16)(H,18,19). The van der Waals surface area contributed by atoms with E-state index in [2.05, 4.69) is 5.32 Å². The molecule has 0 saturated carbocycles. The molecule has 19 heavy (non-hydrogen) atoms. The van der Waals surface area contributed by atoms with E-state index in [1.165, 1.54) is 13.0 Å². The SMILES string of the molecule is CC(=O)NCCC=Cc1cc(CC(=O)O)ccc1O. The lowest BCUT2D eigenvalue weighted by Gasteiger charge is -2.03. The van der Waals surface area contributed by atoms with Crippen molar-refractivity contribution in [3.8, 4) is 5.75 Å². The number of nitrogens with one attached hydrogen (secondary N) is 1. The van der Waals surface area contributed by atoms with Gasteiger partial charge in [0.1, 0.15) is 5.75 Å². The average molecular weight is 263 g/mol. The number of carbonyl (C=O) groups is 2. The number of carboxylic acid groups (broad SMARTS) is 1. The van der Waals surface area contributed by atoms with Crippen LogP contribution in [0.1, 0.15) is 24.5 Å². The summed E-state index contributed by atoms with van der Waals surface area (Å²) in [6.45, 7) is 1.98. The maximum atomic E-state index is 10.6. The molecule has 3 N–H and O–H groups in total. The molecule has 0 saturated heterocycles. The van der Waals surface area contributed by atoms with Gasteiger partial charge in [0.15, 0.2) is 0 Å². The highest BCUT2D eigenvalue weighted by molar-refractivity contribution is 5.73. The van der Waals surface area contributed by atoms with Gasteiger partial charge in [-0.3, -0.25) is 9.59 Å². The van der Waals surface area contributed by atoms with E-state index in [0.717, 1.165) is 0 Å². The summed E-state index contributed by atoms with van der Waals surface area (Å²) in [5.41, 5.74) is 1.20. The highest BCUT2D eigenvalue weighted by Gasteiger charge is 2.03. The molecule has 0 heterocycles. The van der Waals surface area contributed by atoms with Gasteiger partial charge >= 0.3 is 5.97 Å². The first-order chi connectivity index (χ1) is 8.99. The summed E-state index contributed by atoms with van der Waals surface area (Å²) in [4.78, 5) is 21.3. The third-order valence-corrected chi connectivity index (χ3v) is 2.43. The number of phenolic OH excluding ortho intramolecular Hbond substituents is 1. The van der Waals surface area contributed by atoms with Crippen molar-refractivity contribution in [2.24, 2.45) is 0 Å². The predicted octanol–water partition coefficient (Wildman–Crippen LogP) is 1.56. The number of carbonyl (C=O) groups excluding carboxylic acids is 1. The van der Waals surface area contributed by atoms with Gasteiger partial charge in [0.25, 0.3) is 0 Å². The minimum Gasteiger partial charge on any atom is -0.507 e. The number of phenols is 1. The first-order valence-electron chi connectivity index (χ1n) is 5.93. The number of aromatic hydroxyl groups is 1. The van der Waals surface area contributed by atoms with Crippen LogP contribution in [0.4, 0.5) is 0 Å². The van der Waals surface area contributed by atoms with Crippen LogP contribution in [0.25, 0.3) is 6.08 Å². The third kappa shape index (κ3) is 5.72. The van der Waals surface area contributed by atoms with E-state index in [-0.39, 0.29) is 18.1 Å². The van der Waals surface area contributed by atoms with Gasteiger partial charge in [-0.05, 0) is 24.1 Å². The Bertz CT molecular complexity index is 494. The number of rotatable bonds is 6. The second-order valence-corrected chi connectivity index (χ2v) is 4.14. The second kappa shape index (κ2) is 7.20. The van der Waals surface area contributed by atoms with Crippen molar-refractivity contribution in [2.75, 3.05) is 6.54 Å². The smallest absolute Gasteiger partial charge is 0.307 e. The molecular formula is C14H17NO4. The number of amides is 1. The molecule has 0 fully saturated rings. The zero-order valence-corrected chi connectivity index (χ0v) is 10.7. The lowest BCUT2D eigenvalue weighted by atomic mass is 10.1. The second-order valence-electron chi connectivity index (χ2n) is 4.14. The van der Waals surface area contributed by atoms with Crippen molar-refractivity contribution < 1.29 is 19.8 Å². The quantitative estimate of drug-likeness (QED) is 0.680. The summed E-state index contributed by atoms with van der Waals surface area (Å²) in [5, 5.41) is 21.0. The predicted molar refractivity (Wildman–Crippen MR) is 71.8 cm³/mol. The van der Waals surface area contributed by atoms with Crippen LogP contribution >= 0.6 is 0 Å². The topological polar surface area (TPSA) is 86.6 Å². The Morgan fingerprint density at radius 3 is 2.74 bits per heavy atom. The van der Waals surface area contributed by atoms with Crippen LogP contribution in [-0.2, 0) is 16.0 Å². The molecule has 0 atom stereocenters. The van der Waals surface area contributed by atoms with Crippen LogP contribution in [0.15, 0.2) is 24.3 Å². The maximum absolute atomic E-state index is 10.6. The fourth-order valence-corrected chi connectivity index (χ4v) is 1.56. The Kier molecular flexibility index (Phi) is 5.60. The van der Waals surface area contributed by atoms with Gasteiger partial charge in [0.2, 0.25) is 5.91 Å². The Morgan fingerprint density at radius 1 is 1.37 bits per heavy atom. The van der Waals surface area contributed by atoms with Gasteiger partial charge in [0, 0.05) is 19.0 Å². The molecule has 0 aliphatic rings. The van der Waals surface area contributed by atoms with E-state index in [9.17, 15) is 14.7 Å². The molecule has 0 aromatic heterocycles. The van der Waals surface area contributed by atoms with Crippen LogP contribution in [0, 0.1) is 0 Å². The summed E-state index contributed by atoms with van der Waals surface area (Å²) < 4.78 is 0. The lowest BCUT2D eigenvalue weighted by Crippen LogP contribution is -2.20. The van der Waals surface area contributed by atoms with Crippen molar-refractivity contribution in [3.05, 3.63) is 35.4 Å². The Balaban J connectivity index is 2.63. The summed E-state index contributed by atoms with van der Waals surface area (Å²) in [6.07, 6.45) is 4.09. The molecule has 0 spiro atoms. The monoisotopic (exact) mass is 263 g/mol. The minimum atomic E-state index is -0.911. The van der Waals surface area contributed by atoms with E-state index in [1.54, 1.807) is 18.2 Å². The van der Waals surface area contributed by atoms with Crippen LogP contribution in [0.3, 0.4) is 0 Å². The van der Waals surface area contributed by atoms with Crippen LogP contribution < -0.4 is 5.32 Å². The largest absolute Gasteiger partial charge is 0.507 e. The van der Waals surface area contributed by atoms with E-state index >= 15 is 0 Å². The van der Waals surface area contributed by atoms with Crippen LogP contribution in [0.5, 0.6) is 5.75 Å². The number of aliphatic carboxylic acids is 1. The Labute approximate surface area is 111 Å². The number of carboxylic acids is 1. The molecule has 1 aromatic rings. The molecule has 0 bridgehead atoms. The summed E-state index contributed by atoms with van der Waals surface area (Å²) >= 11 is 0. The van der Waals surface area contributed by atoms with Gasteiger partial charge in [0.05, 0.1) is 6.42 Å². The minimum absolute atomic E-state index is 0.0764. The van der Waals surface area contributed by atoms with Gasteiger partial charge < -0.3 is 15.5 Å². The maximum Gasteiger partial charge on any atom is 0.307 e. The number of hydrogen-bond acceptors (Lipinski definition) is 3. The molecule has 102 valence electrons. The van der Waals surface area contributed by atoms with Gasteiger partial charge in [-0.15, -0.1) is 0 Å². The Morgan fingerprint density at radius 2 is 2.11 bits per heavy atom. The first kappa shape index (κ1) is 14.8. The first-order valence-corrected chi connectivity index (χ1v) is 5.93. The van der Waals surface area contributed by atoms with Crippen molar-refractivity contribution in [2.45, 2.75) is 19.8 Å². The zero-order valence-electron chi connectivity index (χ0n) is 10.7. The van der Waals surface area contributed by atoms with E-state index in [1.807, 2.05) is 6.08 Å². The van der Waals surface area contributed by atoms with Crippen molar-refractivity contribution >= 4 is 18.0 Å². The average Bonchev–Trinajstić information content (AvgIpc) is 2.31. The van der Waals surface area contributed by atoms with Gasteiger partial charge in [-0.2, -0.15) is 0 Å². The summed E-state index contributed by atoms with van der Waals surface area (Å²) in [6, 6.07) is 4.70.